The van der Waals surface area contributed by atoms with E-state index in [1.807, 2.05) is 48.5 Å². The Morgan fingerprint density at radius 2 is 0.938 bits per heavy atom. The molecule has 2 aromatic carbocycles. The predicted molar refractivity (Wildman–Crippen MR) is 123 cm³/mol. The maximum Gasteiger partial charge on any atom is 0.312 e. The van der Waals surface area contributed by atoms with E-state index in [1.165, 1.54) is 11.1 Å². The molecule has 164 valence electrons. The van der Waals surface area contributed by atoms with Crippen LogP contribution >= 0.6 is 31.9 Å². The van der Waals surface area contributed by atoms with Gasteiger partial charge in [-0.2, -0.15) is 0 Å². The van der Waals surface area contributed by atoms with Crippen LogP contribution in [0.3, 0.4) is 0 Å². The molecule has 6 heteroatoms. The number of benzene rings is 2. The third kappa shape index (κ3) is 2.19. The molecule has 0 heterocycles. The Bertz CT molecular complexity index is 1030. The highest BCUT2D eigenvalue weighted by Crippen LogP contribution is 3.10. The first kappa shape index (κ1) is 19.8. The highest BCUT2D eigenvalue weighted by Gasteiger charge is 3.13. The van der Waals surface area contributed by atoms with Gasteiger partial charge < -0.3 is 9.47 Å². The van der Waals surface area contributed by atoms with Crippen molar-refractivity contribution >= 4 is 43.8 Å². The zero-order chi connectivity index (χ0) is 21.8. The second-order valence-electron chi connectivity index (χ2n) is 10.0. The van der Waals surface area contributed by atoms with Gasteiger partial charge in [0.15, 0.2) is 0 Å². The summed E-state index contributed by atoms with van der Waals surface area (Å²) >= 11 is 6.88. The molecule has 8 rings (SSSR count). The maximum absolute atomic E-state index is 12.9. The molecule has 6 aliphatic carbocycles. The number of carbonyl (C=O) groups is 2. The van der Waals surface area contributed by atoms with Crippen molar-refractivity contribution in [3.8, 4) is 0 Å². The van der Waals surface area contributed by atoms with Crippen LogP contribution in [-0.4, -0.2) is 25.2 Å². The molecular formula is C26H22Br2O4. The van der Waals surface area contributed by atoms with Crippen LogP contribution in [0.1, 0.15) is 11.1 Å². The normalized spacial score (nSPS) is 39.9. The number of halogens is 2. The summed E-state index contributed by atoms with van der Waals surface area (Å²) in [7, 11) is 0. The Morgan fingerprint density at radius 1 is 0.625 bits per heavy atom. The van der Waals surface area contributed by atoms with Crippen molar-refractivity contribution in [3.05, 3.63) is 68.6 Å². The van der Waals surface area contributed by atoms with Gasteiger partial charge in [-0.25, -0.2) is 0 Å². The van der Waals surface area contributed by atoms with Gasteiger partial charge in [0.05, 0.1) is 24.0 Å². The molecule has 0 bridgehead atoms. The first-order valence-electron chi connectivity index (χ1n) is 11.4. The van der Waals surface area contributed by atoms with Crippen LogP contribution in [-0.2, 0) is 31.9 Å². The van der Waals surface area contributed by atoms with E-state index in [0.29, 0.717) is 48.7 Å². The molecule has 0 aliphatic heterocycles. The van der Waals surface area contributed by atoms with E-state index in [4.69, 9.17) is 9.47 Å². The highest BCUT2D eigenvalue weighted by atomic mass is 79.9. The number of hydrogen-bond donors (Lipinski definition) is 0. The molecule has 32 heavy (non-hydrogen) atoms. The quantitative estimate of drug-likeness (QED) is 0.437. The molecule has 0 spiro atoms. The Kier molecular flexibility index (Phi) is 4.00. The molecule has 0 N–H and O–H groups in total. The molecule has 0 aromatic heterocycles. The van der Waals surface area contributed by atoms with E-state index in [0.717, 1.165) is 21.8 Å². The van der Waals surface area contributed by atoms with Gasteiger partial charge in [-0.15, -0.1) is 0 Å². The summed E-state index contributed by atoms with van der Waals surface area (Å²) in [4.78, 5) is 25.9. The van der Waals surface area contributed by atoms with Gasteiger partial charge in [0, 0.05) is 21.8 Å². The molecule has 0 atom stereocenters. The zero-order valence-corrected chi connectivity index (χ0v) is 20.5. The van der Waals surface area contributed by atoms with Crippen molar-refractivity contribution in [1.82, 2.24) is 0 Å². The van der Waals surface area contributed by atoms with Crippen LogP contribution in [0.15, 0.2) is 57.5 Å². The molecule has 2 aromatic rings. The molecule has 6 saturated carbocycles. The fourth-order valence-electron chi connectivity index (χ4n) is 8.19. The van der Waals surface area contributed by atoms with E-state index in [2.05, 4.69) is 31.9 Å². The summed E-state index contributed by atoms with van der Waals surface area (Å²) < 4.78 is 13.6. The molecule has 0 saturated heterocycles. The fourth-order valence-corrected chi connectivity index (χ4v) is 8.72. The standard InChI is InChI=1S/C26H22Br2O4/c27-15-5-1-13(2-6-15)9-11-31-23(29)25-17-19(25)20-18-21(25)22(17)26(18,20)24(30)32-12-10-14-3-7-16(28)8-4-14/h1-8,17-22H,9-12H2. The van der Waals surface area contributed by atoms with Gasteiger partial charge in [0.2, 0.25) is 0 Å². The van der Waals surface area contributed by atoms with Crippen LogP contribution in [0.2, 0.25) is 0 Å². The van der Waals surface area contributed by atoms with E-state index in [-0.39, 0.29) is 22.8 Å². The van der Waals surface area contributed by atoms with E-state index in [9.17, 15) is 9.59 Å². The predicted octanol–water partition coefficient (Wildman–Crippen LogP) is 4.82. The number of hydrogen-bond acceptors (Lipinski definition) is 4. The third-order valence-electron chi connectivity index (χ3n) is 9.19. The van der Waals surface area contributed by atoms with Crippen molar-refractivity contribution in [2.45, 2.75) is 12.8 Å². The lowest BCUT2D eigenvalue weighted by atomic mass is 9.47. The van der Waals surface area contributed by atoms with Crippen LogP contribution in [0.25, 0.3) is 0 Å². The van der Waals surface area contributed by atoms with Crippen molar-refractivity contribution in [1.29, 1.82) is 0 Å². The minimum Gasteiger partial charge on any atom is -0.465 e. The lowest BCUT2D eigenvalue weighted by Gasteiger charge is -2.54. The van der Waals surface area contributed by atoms with Gasteiger partial charge in [-0.3, -0.25) is 9.59 Å². The number of esters is 2. The summed E-state index contributed by atoms with van der Waals surface area (Å²) in [6, 6.07) is 16.2. The Balaban J connectivity index is 0.930. The topological polar surface area (TPSA) is 52.6 Å². The van der Waals surface area contributed by atoms with E-state index in [1.54, 1.807) is 0 Å². The van der Waals surface area contributed by atoms with Crippen LogP contribution in [0.4, 0.5) is 0 Å². The minimum absolute atomic E-state index is 0.00438. The van der Waals surface area contributed by atoms with Crippen LogP contribution in [0.5, 0.6) is 0 Å². The monoisotopic (exact) mass is 556 g/mol. The Morgan fingerprint density at radius 3 is 1.25 bits per heavy atom. The van der Waals surface area contributed by atoms with Crippen molar-refractivity contribution in [2.75, 3.05) is 13.2 Å². The van der Waals surface area contributed by atoms with Crippen molar-refractivity contribution < 1.29 is 19.1 Å². The molecule has 0 amide bonds. The molecule has 6 fully saturated rings. The van der Waals surface area contributed by atoms with Crippen molar-refractivity contribution in [2.24, 2.45) is 46.3 Å². The average Bonchev–Trinajstić information content (AvgIpc) is 3.52. The van der Waals surface area contributed by atoms with E-state index >= 15 is 0 Å². The SMILES string of the molecule is O=C(OCCc1ccc(Br)cc1)C12C3C1C1C4C2C3C41C(=O)OCCc1ccc(Br)cc1. The van der Waals surface area contributed by atoms with Gasteiger partial charge in [0.25, 0.3) is 0 Å². The molecule has 0 radical (unpaired) electrons. The van der Waals surface area contributed by atoms with Gasteiger partial charge in [-0.05, 0) is 70.9 Å². The van der Waals surface area contributed by atoms with Crippen LogP contribution in [0, 0.1) is 46.3 Å². The van der Waals surface area contributed by atoms with Crippen molar-refractivity contribution in [3.63, 3.8) is 0 Å². The first-order valence-corrected chi connectivity index (χ1v) is 12.9. The summed E-state index contributed by atoms with van der Waals surface area (Å²) in [5.41, 5.74) is 1.86. The summed E-state index contributed by atoms with van der Waals surface area (Å²) in [5, 5.41) is 0. The molecular weight excluding hydrogens is 536 g/mol. The summed E-state index contributed by atoms with van der Waals surface area (Å²) in [6.45, 7) is 0.856. The number of ether oxygens (including phenoxy) is 2. The zero-order valence-electron chi connectivity index (χ0n) is 17.3. The first-order chi connectivity index (χ1) is 15.5. The lowest BCUT2D eigenvalue weighted by Crippen LogP contribution is -2.60. The highest BCUT2D eigenvalue weighted by molar-refractivity contribution is 9.10. The number of rotatable bonds is 8. The smallest absolute Gasteiger partial charge is 0.312 e. The van der Waals surface area contributed by atoms with Crippen LogP contribution < -0.4 is 0 Å². The van der Waals surface area contributed by atoms with Gasteiger partial charge in [-0.1, -0.05) is 56.1 Å². The summed E-state index contributed by atoms with van der Waals surface area (Å²) in [6.07, 6.45) is 1.47. The third-order valence-corrected chi connectivity index (χ3v) is 10.3. The fraction of sp³-hybridized carbons (Fsp3) is 0.462. The minimum atomic E-state index is -0.237. The molecule has 0 unspecified atom stereocenters. The maximum atomic E-state index is 12.9. The molecule has 6 aliphatic rings. The second-order valence-corrected chi connectivity index (χ2v) is 11.9. The largest absolute Gasteiger partial charge is 0.465 e. The Hall–Kier alpha value is -1.66. The van der Waals surface area contributed by atoms with Gasteiger partial charge >= 0.3 is 11.9 Å². The lowest BCUT2D eigenvalue weighted by molar-refractivity contribution is -0.193. The Labute approximate surface area is 203 Å². The van der Waals surface area contributed by atoms with E-state index < -0.39 is 0 Å². The van der Waals surface area contributed by atoms with Gasteiger partial charge in [0.1, 0.15) is 0 Å². The second kappa shape index (κ2) is 6.47. The number of carbonyl (C=O) groups excluding carboxylic acids is 2. The summed E-state index contributed by atoms with van der Waals surface area (Å²) in [5.74, 6) is 2.25. The average molecular weight is 558 g/mol. The molecule has 4 nitrogen and oxygen atoms in total.